The van der Waals surface area contributed by atoms with Crippen molar-refractivity contribution >= 4 is 50.7 Å². The minimum atomic E-state index is -3.82. The van der Waals surface area contributed by atoms with Crippen LogP contribution in [0, 0.1) is 6.92 Å². The molecular weight excluding hydrogens is 497 g/mol. The lowest BCUT2D eigenvalue weighted by molar-refractivity contribution is -0.140. The Morgan fingerprint density at radius 2 is 1.71 bits per heavy atom. The first-order chi connectivity index (χ1) is 16.0. The summed E-state index contributed by atoms with van der Waals surface area (Å²) in [7, 11) is -3.82. The maximum atomic E-state index is 13.6. The van der Waals surface area contributed by atoms with Crippen molar-refractivity contribution in [1.82, 2.24) is 10.2 Å². The van der Waals surface area contributed by atoms with E-state index in [4.69, 9.17) is 23.2 Å². The molecule has 2 aromatic carbocycles. The molecule has 0 aliphatic heterocycles. The summed E-state index contributed by atoms with van der Waals surface area (Å²) in [6.07, 6.45) is 2.16. The third-order valence-electron chi connectivity index (χ3n) is 5.39. The van der Waals surface area contributed by atoms with E-state index in [2.05, 4.69) is 5.32 Å². The van der Waals surface area contributed by atoms with E-state index in [9.17, 15) is 18.0 Å². The van der Waals surface area contributed by atoms with Crippen molar-refractivity contribution in [2.75, 3.05) is 23.7 Å². The number of anilines is 1. The highest BCUT2D eigenvalue weighted by Gasteiger charge is 2.32. The molecule has 0 heterocycles. The van der Waals surface area contributed by atoms with Gasteiger partial charge in [-0.15, -0.1) is 0 Å². The fraction of sp³-hybridized carbons (Fsp3) is 0.417. The maximum absolute atomic E-state index is 13.6. The van der Waals surface area contributed by atoms with Crippen LogP contribution in [0.15, 0.2) is 42.5 Å². The minimum absolute atomic E-state index is 0.125. The Labute approximate surface area is 212 Å². The number of carbonyl (C=O) groups is 2. The molecule has 10 heteroatoms. The minimum Gasteiger partial charge on any atom is -0.354 e. The van der Waals surface area contributed by atoms with Crippen LogP contribution in [0.1, 0.15) is 37.8 Å². The Balaban J connectivity index is 2.46. The lowest BCUT2D eigenvalue weighted by atomic mass is 10.1. The molecule has 0 spiro atoms. The lowest BCUT2D eigenvalue weighted by Gasteiger charge is -2.33. The number of nitrogens with one attached hydrogen (secondary N) is 1. The van der Waals surface area contributed by atoms with E-state index in [0.717, 1.165) is 22.5 Å². The average Bonchev–Trinajstić information content (AvgIpc) is 2.78. The van der Waals surface area contributed by atoms with E-state index in [1.54, 1.807) is 49.4 Å². The van der Waals surface area contributed by atoms with Crippen molar-refractivity contribution in [3.8, 4) is 0 Å². The Morgan fingerprint density at radius 1 is 1.06 bits per heavy atom. The smallest absolute Gasteiger partial charge is 0.244 e. The van der Waals surface area contributed by atoms with Crippen molar-refractivity contribution in [3.63, 3.8) is 0 Å². The molecule has 0 aliphatic carbocycles. The van der Waals surface area contributed by atoms with Gasteiger partial charge in [-0.05, 0) is 55.2 Å². The van der Waals surface area contributed by atoms with Crippen LogP contribution < -0.4 is 9.62 Å². The fourth-order valence-corrected chi connectivity index (χ4v) is 4.73. The van der Waals surface area contributed by atoms with E-state index < -0.39 is 28.5 Å². The zero-order valence-corrected chi connectivity index (χ0v) is 22.2. The van der Waals surface area contributed by atoms with E-state index >= 15 is 0 Å². The summed E-state index contributed by atoms with van der Waals surface area (Å²) in [5.41, 5.74) is 1.63. The van der Waals surface area contributed by atoms with Gasteiger partial charge < -0.3 is 10.2 Å². The van der Waals surface area contributed by atoms with E-state index in [1.165, 1.54) is 4.90 Å². The van der Waals surface area contributed by atoms with Gasteiger partial charge in [0.15, 0.2) is 0 Å². The highest BCUT2D eigenvalue weighted by Crippen LogP contribution is 2.28. The molecule has 2 amide bonds. The van der Waals surface area contributed by atoms with E-state index in [0.29, 0.717) is 34.3 Å². The van der Waals surface area contributed by atoms with Gasteiger partial charge in [0.05, 0.1) is 11.9 Å². The Hall–Kier alpha value is -2.29. The molecule has 0 saturated heterocycles. The molecule has 186 valence electrons. The van der Waals surface area contributed by atoms with Crippen molar-refractivity contribution in [2.24, 2.45) is 0 Å². The SMILES string of the molecule is CCCNC(=O)C(CC)N(Cc1ccc(Cl)cc1)C(=O)CN(c1cccc(Cl)c1C)S(C)(=O)=O. The Bertz CT molecular complexity index is 1110. The largest absolute Gasteiger partial charge is 0.354 e. The number of benzene rings is 2. The lowest BCUT2D eigenvalue weighted by Crippen LogP contribution is -2.52. The summed E-state index contributed by atoms with van der Waals surface area (Å²) in [4.78, 5) is 27.9. The summed E-state index contributed by atoms with van der Waals surface area (Å²) in [6.45, 7) is 5.59. The van der Waals surface area contributed by atoms with E-state index in [-0.39, 0.29) is 12.5 Å². The third-order valence-corrected chi connectivity index (χ3v) is 7.18. The highest BCUT2D eigenvalue weighted by atomic mass is 35.5. The second kappa shape index (κ2) is 12.4. The van der Waals surface area contributed by atoms with Crippen LogP contribution in [0.4, 0.5) is 5.69 Å². The van der Waals surface area contributed by atoms with Crippen LogP contribution in [-0.4, -0.2) is 50.5 Å². The number of amides is 2. The Morgan fingerprint density at radius 3 is 2.26 bits per heavy atom. The van der Waals surface area contributed by atoms with Gasteiger partial charge in [-0.2, -0.15) is 0 Å². The molecule has 1 unspecified atom stereocenters. The molecule has 0 radical (unpaired) electrons. The second-order valence-electron chi connectivity index (χ2n) is 8.02. The molecule has 1 N–H and O–H groups in total. The number of hydrogen-bond acceptors (Lipinski definition) is 4. The van der Waals surface area contributed by atoms with Crippen LogP contribution in [0.3, 0.4) is 0 Å². The van der Waals surface area contributed by atoms with Crippen LogP contribution in [0.5, 0.6) is 0 Å². The average molecular weight is 529 g/mol. The summed E-state index contributed by atoms with van der Waals surface area (Å²) < 4.78 is 26.4. The molecule has 2 rings (SSSR count). The quantitative estimate of drug-likeness (QED) is 0.469. The topological polar surface area (TPSA) is 86.8 Å². The van der Waals surface area contributed by atoms with Gasteiger partial charge in [0.2, 0.25) is 21.8 Å². The zero-order valence-electron chi connectivity index (χ0n) is 19.8. The molecular formula is C24H31Cl2N3O4S. The van der Waals surface area contributed by atoms with Gasteiger partial charge in [-0.1, -0.05) is 55.2 Å². The van der Waals surface area contributed by atoms with Crippen LogP contribution in [0.2, 0.25) is 10.0 Å². The molecule has 0 aromatic heterocycles. The molecule has 0 fully saturated rings. The summed E-state index contributed by atoms with van der Waals surface area (Å²) in [5, 5.41) is 3.78. The third kappa shape index (κ3) is 7.35. The molecule has 0 bridgehead atoms. The molecule has 7 nitrogen and oxygen atoms in total. The number of carbonyl (C=O) groups excluding carboxylic acids is 2. The first-order valence-electron chi connectivity index (χ1n) is 11.0. The number of nitrogens with zero attached hydrogens (tertiary/aromatic N) is 2. The summed E-state index contributed by atoms with van der Waals surface area (Å²) >= 11 is 12.2. The van der Waals surface area contributed by atoms with Crippen LogP contribution in [-0.2, 0) is 26.2 Å². The number of rotatable bonds is 11. The molecule has 2 aromatic rings. The van der Waals surface area contributed by atoms with Gasteiger partial charge in [-0.3, -0.25) is 13.9 Å². The first-order valence-corrected chi connectivity index (χ1v) is 13.6. The van der Waals surface area contributed by atoms with Gasteiger partial charge in [-0.25, -0.2) is 8.42 Å². The van der Waals surface area contributed by atoms with Crippen molar-refractivity contribution in [1.29, 1.82) is 0 Å². The van der Waals surface area contributed by atoms with Gasteiger partial charge in [0, 0.05) is 23.1 Å². The highest BCUT2D eigenvalue weighted by molar-refractivity contribution is 7.92. The van der Waals surface area contributed by atoms with Crippen molar-refractivity contribution in [2.45, 2.75) is 46.2 Å². The molecule has 0 aliphatic rings. The van der Waals surface area contributed by atoms with Gasteiger partial charge in [0.25, 0.3) is 0 Å². The van der Waals surface area contributed by atoms with Gasteiger partial charge in [0.1, 0.15) is 12.6 Å². The monoisotopic (exact) mass is 527 g/mol. The number of sulfonamides is 1. The second-order valence-corrected chi connectivity index (χ2v) is 10.8. The van der Waals surface area contributed by atoms with Crippen LogP contribution in [0.25, 0.3) is 0 Å². The van der Waals surface area contributed by atoms with E-state index in [1.807, 2.05) is 13.8 Å². The maximum Gasteiger partial charge on any atom is 0.244 e. The first kappa shape index (κ1) is 28.0. The molecule has 34 heavy (non-hydrogen) atoms. The predicted octanol–water partition coefficient (Wildman–Crippen LogP) is 4.40. The molecule has 0 saturated carbocycles. The Kier molecular flexibility index (Phi) is 10.2. The summed E-state index contributed by atoms with van der Waals surface area (Å²) in [5.74, 6) is -0.783. The van der Waals surface area contributed by atoms with Gasteiger partial charge >= 0.3 is 0 Å². The predicted molar refractivity (Wildman–Crippen MR) is 138 cm³/mol. The van der Waals surface area contributed by atoms with Crippen molar-refractivity contribution in [3.05, 3.63) is 63.6 Å². The summed E-state index contributed by atoms with van der Waals surface area (Å²) in [6, 6.07) is 11.1. The number of halogens is 2. The zero-order chi connectivity index (χ0) is 25.5. The standard InChI is InChI=1S/C24H31Cl2N3O4S/c1-5-14-27-24(31)21(6-2)28(15-18-10-12-19(25)13-11-18)23(30)16-29(34(4,32)33)22-9-7-8-20(26)17(22)3/h7-13,21H,5-6,14-16H2,1-4H3,(H,27,31). The normalized spacial score (nSPS) is 12.2. The number of hydrogen-bond donors (Lipinski definition) is 1. The fourth-order valence-electron chi connectivity index (χ4n) is 3.53. The van der Waals surface area contributed by atoms with Crippen molar-refractivity contribution < 1.29 is 18.0 Å². The van der Waals surface area contributed by atoms with Crippen LogP contribution >= 0.6 is 23.2 Å². The molecule has 1 atom stereocenters.